The maximum Gasteiger partial charge on any atom is 0.255 e. The lowest BCUT2D eigenvalue weighted by molar-refractivity contribution is -0.239. The van der Waals surface area contributed by atoms with Crippen LogP contribution in [0.25, 0.3) is 16.3 Å². The topological polar surface area (TPSA) is 85.8 Å². The summed E-state index contributed by atoms with van der Waals surface area (Å²) in [6.45, 7) is 2.25. The van der Waals surface area contributed by atoms with Crippen LogP contribution in [0.4, 0.5) is 4.39 Å². The van der Waals surface area contributed by atoms with Gasteiger partial charge in [0.15, 0.2) is 5.67 Å². The molecule has 1 aromatic heterocycles. The van der Waals surface area contributed by atoms with Crippen LogP contribution in [0.15, 0.2) is 53.0 Å². The first kappa shape index (κ1) is 23.8. The highest BCUT2D eigenvalue weighted by Gasteiger charge is 2.74. The van der Waals surface area contributed by atoms with E-state index in [2.05, 4.69) is 24.1 Å². The highest BCUT2D eigenvalue weighted by molar-refractivity contribution is 5.87. The van der Waals surface area contributed by atoms with Gasteiger partial charge in [0.05, 0.1) is 11.7 Å². The molecule has 7 heteroatoms. The third kappa shape index (κ3) is 2.86. The molecule has 3 aliphatic carbocycles. The van der Waals surface area contributed by atoms with Crippen molar-refractivity contribution in [2.45, 2.75) is 80.6 Å². The molecule has 196 valence electrons. The largest absolute Gasteiger partial charge is 0.388 e. The zero-order valence-electron chi connectivity index (χ0n) is 21.6. The number of H-pyrrole nitrogens is 1. The van der Waals surface area contributed by atoms with Crippen molar-refractivity contribution in [1.29, 1.82) is 0 Å². The Labute approximate surface area is 215 Å². The Morgan fingerprint density at radius 1 is 1.14 bits per heavy atom. The molecule has 2 bridgehead atoms. The Morgan fingerprint density at radius 3 is 2.73 bits per heavy atom. The van der Waals surface area contributed by atoms with Gasteiger partial charge in [0.25, 0.3) is 5.56 Å². The van der Waals surface area contributed by atoms with E-state index in [9.17, 15) is 15.0 Å². The zero-order chi connectivity index (χ0) is 26.0. The number of aliphatic hydroxyl groups excluding tert-OH is 2. The van der Waals surface area contributed by atoms with Crippen LogP contribution >= 0.6 is 0 Å². The van der Waals surface area contributed by atoms with Crippen LogP contribution in [-0.2, 0) is 4.74 Å². The minimum Gasteiger partial charge on any atom is -0.388 e. The molecule has 2 spiro atoms. The van der Waals surface area contributed by atoms with E-state index in [0.29, 0.717) is 43.1 Å². The first-order valence-electron chi connectivity index (χ1n) is 13.5. The van der Waals surface area contributed by atoms with E-state index in [0.717, 1.165) is 17.4 Å². The molecule has 2 saturated carbocycles. The molecule has 0 amide bonds. The van der Waals surface area contributed by atoms with Gasteiger partial charge in [0, 0.05) is 23.5 Å². The molecule has 3 fully saturated rings. The molecule has 2 aromatic rings. The lowest BCUT2D eigenvalue weighted by Gasteiger charge is -2.60. The quantitative estimate of drug-likeness (QED) is 0.541. The number of nitrogens with zero attached hydrogens (tertiary/aromatic N) is 1. The second kappa shape index (κ2) is 7.41. The number of aliphatic hydroxyl groups is 2. The van der Waals surface area contributed by atoms with Crippen molar-refractivity contribution in [3.05, 3.63) is 64.1 Å². The number of benzene rings is 1. The fourth-order valence-electron chi connectivity index (χ4n) is 8.79. The van der Waals surface area contributed by atoms with Crippen LogP contribution in [0, 0.1) is 11.3 Å². The second-order valence-corrected chi connectivity index (χ2v) is 12.6. The van der Waals surface area contributed by atoms with Crippen molar-refractivity contribution < 1.29 is 19.3 Å². The van der Waals surface area contributed by atoms with E-state index >= 15 is 4.39 Å². The van der Waals surface area contributed by atoms with Crippen LogP contribution in [0.3, 0.4) is 0 Å². The average Bonchev–Trinajstić information content (AvgIpc) is 3.40. The molecule has 3 N–H and O–H groups in total. The Hall–Kier alpha value is -2.32. The second-order valence-electron chi connectivity index (χ2n) is 12.6. The van der Waals surface area contributed by atoms with Crippen molar-refractivity contribution in [2.24, 2.45) is 11.3 Å². The van der Waals surface area contributed by atoms with Gasteiger partial charge in [-0.15, -0.1) is 0 Å². The molecule has 1 aromatic carbocycles. The normalized spacial score (nSPS) is 44.3. The van der Waals surface area contributed by atoms with E-state index < -0.39 is 29.1 Å². The smallest absolute Gasteiger partial charge is 0.255 e. The predicted octanol–water partition coefficient (Wildman–Crippen LogP) is 3.72. The van der Waals surface area contributed by atoms with Crippen molar-refractivity contribution in [3.63, 3.8) is 0 Å². The summed E-state index contributed by atoms with van der Waals surface area (Å²) >= 11 is 0. The number of aromatic nitrogens is 1. The number of pyridine rings is 1. The van der Waals surface area contributed by atoms with Crippen LogP contribution in [0.2, 0.25) is 0 Å². The number of likely N-dealkylation sites (N-methyl/N-ethyl adjacent to an activating group) is 1. The number of halogens is 1. The van der Waals surface area contributed by atoms with Crippen LogP contribution in [-0.4, -0.2) is 69.3 Å². The fourth-order valence-corrected chi connectivity index (χ4v) is 8.79. The molecular formula is C30H35FN2O4. The molecular weight excluding hydrogens is 471 g/mol. The van der Waals surface area contributed by atoms with E-state index in [1.54, 1.807) is 12.3 Å². The minimum atomic E-state index is -1.68. The number of nitrogens with one attached hydrogen (secondary N) is 1. The third-order valence-corrected chi connectivity index (χ3v) is 10.7. The number of hydrogen-bond donors (Lipinski definition) is 3. The SMILES string of the molecule is CN(C)C1CC23CCC4(O2)C2CC=C(c5ccc6c(=O)[nH]ccc6c5)C2(C)CCC4(F)C=C3C(O)C1O. The molecule has 37 heavy (non-hydrogen) atoms. The van der Waals surface area contributed by atoms with Gasteiger partial charge in [0.1, 0.15) is 11.7 Å². The Bertz CT molecular complexity index is 1430. The first-order chi connectivity index (χ1) is 17.5. The predicted molar refractivity (Wildman–Crippen MR) is 140 cm³/mol. The summed E-state index contributed by atoms with van der Waals surface area (Å²) < 4.78 is 24.2. The molecule has 1 saturated heterocycles. The van der Waals surface area contributed by atoms with E-state index in [1.807, 2.05) is 37.2 Å². The summed E-state index contributed by atoms with van der Waals surface area (Å²) in [5, 5.41) is 23.5. The van der Waals surface area contributed by atoms with Crippen LogP contribution < -0.4 is 5.56 Å². The molecule has 8 unspecified atom stereocenters. The Balaban J connectivity index is 1.30. The van der Waals surface area contributed by atoms with Crippen molar-refractivity contribution in [1.82, 2.24) is 9.88 Å². The summed E-state index contributed by atoms with van der Waals surface area (Å²) in [5.41, 5.74) is -0.924. The monoisotopic (exact) mass is 506 g/mol. The summed E-state index contributed by atoms with van der Waals surface area (Å²) in [4.78, 5) is 16.9. The molecule has 5 aliphatic rings. The number of allylic oxidation sites excluding steroid dienone is 2. The zero-order valence-corrected chi connectivity index (χ0v) is 21.6. The number of aromatic amines is 1. The van der Waals surface area contributed by atoms with Gasteiger partial charge >= 0.3 is 0 Å². The van der Waals surface area contributed by atoms with Gasteiger partial charge in [-0.25, -0.2) is 4.39 Å². The molecule has 8 atom stereocenters. The molecule has 0 radical (unpaired) electrons. The Morgan fingerprint density at radius 2 is 1.95 bits per heavy atom. The van der Waals surface area contributed by atoms with Crippen molar-refractivity contribution in [2.75, 3.05) is 14.1 Å². The van der Waals surface area contributed by atoms with Crippen molar-refractivity contribution in [3.8, 4) is 0 Å². The third-order valence-electron chi connectivity index (χ3n) is 10.7. The lowest BCUT2D eigenvalue weighted by Crippen LogP contribution is -2.68. The van der Waals surface area contributed by atoms with Gasteiger partial charge in [0.2, 0.25) is 0 Å². The van der Waals surface area contributed by atoms with Gasteiger partial charge in [-0.3, -0.25) is 4.79 Å². The maximum atomic E-state index is 17.1. The van der Waals surface area contributed by atoms with Gasteiger partial charge in [-0.1, -0.05) is 19.1 Å². The molecule has 3 heterocycles. The Kier molecular flexibility index (Phi) is 4.76. The summed E-state index contributed by atoms with van der Waals surface area (Å²) in [7, 11) is 3.81. The van der Waals surface area contributed by atoms with E-state index in [1.165, 1.54) is 5.57 Å². The molecule has 6 nitrogen and oxygen atoms in total. The fraction of sp³-hybridized carbons (Fsp3) is 0.567. The van der Waals surface area contributed by atoms with Crippen molar-refractivity contribution >= 4 is 16.3 Å². The van der Waals surface area contributed by atoms with Crippen LogP contribution in [0.5, 0.6) is 0 Å². The van der Waals surface area contributed by atoms with Gasteiger partial charge in [-0.2, -0.15) is 0 Å². The number of ether oxygens (including phenoxy) is 1. The lowest BCUT2D eigenvalue weighted by atomic mass is 9.53. The highest BCUT2D eigenvalue weighted by atomic mass is 19.1. The van der Waals surface area contributed by atoms with Gasteiger partial charge < -0.3 is 24.8 Å². The van der Waals surface area contributed by atoms with Crippen LogP contribution in [0.1, 0.15) is 51.0 Å². The number of alkyl halides is 1. The first-order valence-corrected chi connectivity index (χ1v) is 13.5. The average molecular weight is 507 g/mol. The number of fused-ring (bicyclic) bond motifs is 2. The van der Waals surface area contributed by atoms with E-state index in [4.69, 9.17) is 4.74 Å². The number of rotatable bonds is 2. The number of hydrogen-bond acceptors (Lipinski definition) is 5. The summed E-state index contributed by atoms with van der Waals surface area (Å²) in [6, 6.07) is 7.64. The van der Waals surface area contributed by atoms with Gasteiger partial charge in [-0.05, 0) is 104 Å². The highest BCUT2D eigenvalue weighted by Crippen LogP contribution is 2.71. The maximum absolute atomic E-state index is 17.1. The summed E-state index contributed by atoms with van der Waals surface area (Å²) in [5.74, 6) is -0.0393. The summed E-state index contributed by atoms with van der Waals surface area (Å²) in [6.07, 6.45) is 7.00. The standard InChI is InChI=1S/C30H35FN2O4/c1-27-9-11-29(31)15-21-24(34)25(35)22(33(2)3)16-28(21)10-12-30(29,37-28)23(27)7-6-20(27)18-4-5-19-17(14-18)8-13-32-26(19)36/h4-6,8,13-15,22-25,34-35H,7,9-12,16H2,1-3H3,(H,32,36). The molecule has 2 aliphatic heterocycles. The minimum absolute atomic E-state index is 0.0393. The molecule has 7 rings (SSSR count). The van der Waals surface area contributed by atoms with E-state index in [-0.39, 0.29) is 22.9 Å².